The first kappa shape index (κ1) is 15.0. The summed E-state index contributed by atoms with van der Waals surface area (Å²) in [6.45, 7) is 6.32. The fourth-order valence-electron chi connectivity index (χ4n) is 2.79. The van der Waals surface area contributed by atoms with E-state index in [1.807, 2.05) is 36.9 Å². The van der Waals surface area contributed by atoms with Crippen molar-refractivity contribution in [3.63, 3.8) is 0 Å². The second kappa shape index (κ2) is 6.86. The highest BCUT2D eigenvalue weighted by Gasteiger charge is 2.22. The van der Waals surface area contributed by atoms with Gasteiger partial charge in [-0.2, -0.15) is 0 Å². The van der Waals surface area contributed by atoms with Gasteiger partial charge in [0.2, 0.25) is 0 Å². The summed E-state index contributed by atoms with van der Waals surface area (Å²) in [7, 11) is 0. The van der Waals surface area contributed by atoms with Gasteiger partial charge in [-0.05, 0) is 50.1 Å². The van der Waals surface area contributed by atoms with Crippen LogP contribution < -0.4 is 5.32 Å². The minimum atomic E-state index is -0.193. The Kier molecular flexibility index (Phi) is 5.15. The first-order chi connectivity index (χ1) is 9.67. The van der Waals surface area contributed by atoms with Crippen LogP contribution in [0.5, 0.6) is 0 Å². The van der Waals surface area contributed by atoms with E-state index in [2.05, 4.69) is 5.32 Å². The van der Waals surface area contributed by atoms with Gasteiger partial charge in [0, 0.05) is 24.3 Å². The zero-order chi connectivity index (χ0) is 14.5. The number of hydrogen-bond acceptors (Lipinski definition) is 4. The number of nitrogens with one attached hydrogen (secondary N) is 1. The molecular formula is C16H24N2O2. The van der Waals surface area contributed by atoms with Gasteiger partial charge in [-0.25, -0.2) is 0 Å². The average molecular weight is 276 g/mol. The molecule has 0 radical (unpaired) electrons. The number of aliphatic hydroxyl groups excluding tert-OH is 1. The Morgan fingerprint density at radius 2 is 2.30 bits per heavy atom. The molecule has 2 rings (SSSR count). The second-order valence-electron chi connectivity index (χ2n) is 5.29. The number of fused-ring (bicyclic) bond motifs is 1. The van der Waals surface area contributed by atoms with Crippen LogP contribution in [0.1, 0.15) is 36.2 Å². The monoisotopic (exact) mass is 276 g/mol. The van der Waals surface area contributed by atoms with E-state index in [1.54, 1.807) is 0 Å². The van der Waals surface area contributed by atoms with Gasteiger partial charge in [-0.3, -0.25) is 9.69 Å². The Morgan fingerprint density at radius 1 is 1.50 bits per heavy atom. The molecule has 0 fully saturated rings. The zero-order valence-corrected chi connectivity index (χ0v) is 12.4. The minimum absolute atomic E-state index is 0.0829. The molecule has 1 aromatic carbocycles. The lowest BCUT2D eigenvalue weighted by Crippen LogP contribution is -2.40. The van der Waals surface area contributed by atoms with Crippen molar-refractivity contribution < 1.29 is 9.90 Å². The molecule has 4 nitrogen and oxygen atoms in total. The largest absolute Gasteiger partial charge is 0.395 e. The maximum atomic E-state index is 12.6. The summed E-state index contributed by atoms with van der Waals surface area (Å²) < 4.78 is 0. The molecule has 1 aliphatic rings. The normalized spacial score (nSPS) is 15.6. The lowest BCUT2D eigenvalue weighted by atomic mass is 9.96. The molecule has 0 aromatic heterocycles. The van der Waals surface area contributed by atoms with Crippen molar-refractivity contribution in [3.8, 4) is 0 Å². The smallest absolute Gasteiger partial charge is 0.179 e. The van der Waals surface area contributed by atoms with E-state index in [1.165, 1.54) is 5.56 Å². The SMILES string of the molecule is CCN(CCO)C(C)C(=O)c1ccc2c(c1)CCCN2. The Labute approximate surface area is 120 Å². The molecule has 4 heteroatoms. The van der Waals surface area contributed by atoms with Crippen molar-refractivity contribution in [1.82, 2.24) is 4.90 Å². The summed E-state index contributed by atoms with van der Waals surface area (Å²) in [5.74, 6) is 0.133. The van der Waals surface area contributed by atoms with Crippen LogP contribution in [-0.4, -0.2) is 48.1 Å². The van der Waals surface area contributed by atoms with Crippen molar-refractivity contribution in [2.45, 2.75) is 32.7 Å². The summed E-state index contributed by atoms with van der Waals surface area (Å²) in [6, 6.07) is 5.74. The first-order valence-electron chi connectivity index (χ1n) is 7.43. The number of anilines is 1. The van der Waals surface area contributed by atoms with Crippen molar-refractivity contribution in [2.75, 3.05) is 31.6 Å². The highest BCUT2D eigenvalue weighted by Crippen LogP contribution is 2.24. The summed E-state index contributed by atoms with van der Waals surface area (Å²) in [5.41, 5.74) is 3.17. The number of carbonyl (C=O) groups is 1. The topological polar surface area (TPSA) is 52.6 Å². The van der Waals surface area contributed by atoms with Crippen molar-refractivity contribution in [2.24, 2.45) is 0 Å². The van der Waals surface area contributed by atoms with Gasteiger partial charge in [0.25, 0.3) is 0 Å². The fraction of sp³-hybridized carbons (Fsp3) is 0.562. The standard InChI is InChI=1S/C16H24N2O2/c1-3-18(9-10-19)12(2)16(20)14-6-7-15-13(11-14)5-4-8-17-15/h6-7,11-12,17,19H,3-5,8-10H2,1-2H3. The molecule has 0 aliphatic carbocycles. The third-order valence-corrected chi connectivity index (χ3v) is 4.05. The van der Waals surface area contributed by atoms with Gasteiger partial charge in [-0.1, -0.05) is 6.92 Å². The van der Waals surface area contributed by atoms with E-state index in [9.17, 15) is 4.79 Å². The lowest BCUT2D eigenvalue weighted by molar-refractivity contribution is 0.0817. The molecular weight excluding hydrogens is 252 g/mol. The molecule has 0 bridgehead atoms. The number of likely N-dealkylation sites (N-methyl/N-ethyl adjacent to an activating group) is 1. The van der Waals surface area contributed by atoms with E-state index in [0.717, 1.165) is 37.2 Å². The number of benzene rings is 1. The third-order valence-electron chi connectivity index (χ3n) is 4.05. The summed E-state index contributed by atoms with van der Waals surface area (Å²) >= 11 is 0. The molecule has 1 aliphatic heterocycles. The summed E-state index contributed by atoms with van der Waals surface area (Å²) in [6.07, 6.45) is 2.15. The Bertz CT molecular complexity index is 474. The van der Waals surface area contributed by atoms with Crippen molar-refractivity contribution >= 4 is 11.5 Å². The predicted molar refractivity (Wildman–Crippen MR) is 81.4 cm³/mol. The number of nitrogens with zero attached hydrogens (tertiary/aromatic N) is 1. The van der Waals surface area contributed by atoms with Crippen LogP contribution in [0.25, 0.3) is 0 Å². The molecule has 1 unspecified atom stereocenters. The highest BCUT2D eigenvalue weighted by atomic mass is 16.3. The highest BCUT2D eigenvalue weighted by molar-refractivity contribution is 6.00. The van der Waals surface area contributed by atoms with E-state index >= 15 is 0 Å². The Morgan fingerprint density at radius 3 is 3.00 bits per heavy atom. The number of aliphatic hydroxyl groups is 1. The van der Waals surface area contributed by atoms with E-state index in [4.69, 9.17) is 5.11 Å². The zero-order valence-electron chi connectivity index (χ0n) is 12.4. The second-order valence-corrected chi connectivity index (χ2v) is 5.29. The molecule has 1 atom stereocenters. The molecule has 20 heavy (non-hydrogen) atoms. The van der Waals surface area contributed by atoms with Crippen LogP contribution in [0.3, 0.4) is 0 Å². The molecule has 0 spiro atoms. The van der Waals surface area contributed by atoms with E-state index in [-0.39, 0.29) is 18.4 Å². The summed E-state index contributed by atoms with van der Waals surface area (Å²) in [4.78, 5) is 14.6. The Balaban J connectivity index is 2.16. The van der Waals surface area contributed by atoms with Gasteiger partial charge < -0.3 is 10.4 Å². The minimum Gasteiger partial charge on any atom is -0.395 e. The van der Waals surface area contributed by atoms with Gasteiger partial charge in [0.05, 0.1) is 12.6 Å². The number of Topliss-reactive ketones (excluding diaryl/α,β-unsaturated/α-hetero) is 1. The van der Waals surface area contributed by atoms with Gasteiger partial charge in [-0.15, -0.1) is 0 Å². The third kappa shape index (κ3) is 3.19. The maximum absolute atomic E-state index is 12.6. The number of carbonyl (C=O) groups excluding carboxylic acids is 1. The summed E-state index contributed by atoms with van der Waals surface area (Å²) in [5, 5.41) is 12.4. The van der Waals surface area contributed by atoms with Gasteiger partial charge >= 0.3 is 0 Å². The van der Waals surface area contributed by atoms with Gasteiger partial charge in [0.15, 0.2) is 5.78 Å². The van der Waals surface area contributed by atoms with E-state index in [0.29, 0.717) is 6.54 Å². The first-order valence-corrected chi connectivity index (χ1v) is 7.43. The number of rotatable bonds is 6. The van der Waals surface area contributed by atoms with Crippen LogP contribution in [0.4, 0.5) is 5.69 Å². The molecule has 2 N–H and O–H groups in total. The van der Waals surface area contributed by atoms with Crippen molar-refractivity contribution in [3.05, 3.63) is 29.3 Å². The molecule has 0 saturated carbocycles. The quantitative estimate of drug-likeness (QED) is 0.780. The fourth-order valence-corrected chi connectivity index (χ4v) is 2.79. The molecule has 0 amide bonds. The predicted octanol–water partition coefficient (Wildman–Crippen LogP) is 1.93. The van der Waals surface area contributed by atoms with Gasteiger partial charge in [0.1, 0.15) is 0 Å². The van der Waals surface area contributed by atoms with Crippen LogP contribution in [0.15, 0.2) is 18.2 Å². The maximum Gasteiger partial charge on any atom is 0.179 e. The number of aryl methyl sites for hydroxylation is 1. The molecule has 0 saturated heterocycles. The van der Waals surface area contributed by atoms with Crippen LogP contribution in [0.2, 0.25) is 0 Å². The number of ketones is 1. The lowest BCUT2D eigenvalue weighted by Gasteiger charge is -2.26. The molecule has 1 aromatic rings. The molecule has 1 heterocycles. The van der Waals surface area contributed by atoms with Crippen molar-refractivity contribution in [1.29, 1.82) is 0 Å². The Hall–Kier alpha value is -1.39. The van der Waals surface area contributed by atoms with Crippen LogP contribution >= 0.6 is 0 Å². The number of hydrogen-bond donors (Lipinski definition) is 2. The average Bonchev–Trinajstić information content (AvgIpc) is 2.50. The van der Waals surface area contributed by atoms with Crippen LogP contribution in [-0.2, 0) is 6.42 Å². The molecule has 110 valence electrons. The van der Waals surface area contributed by atoms with Crippen LogP contribution in [0, 0.1) is 0 Å². The van der Waals surface area contributed by atoms with E-state index < -0.39 is 0 Å².